The van der Waals surface area contributed by atoms with Crippen LogP contribution in [0.4, 0.5) is 0 Å². The second kappa shape index (κ2) is 3.62. The first-order valence-corrected chi connectivity index (χ1v) is 5.10. The molecule has 0 aliphatic rings. The normalized spacial score (nSPS) is 10.9. The summed E-state index contributed by atoms with van der Waals surface area (Å²) in [5.74, 6) is 0. The molecule has 4 heteroatoms. The second-order valence-corrected chi connectivity index (χ2v) is 3.99. The maximum absolute atomic E-state index is 6.04. The van der Waals surface area contributed by atoms with Crippen molar-refractivity contribution in [3.63, 3.8) is 0 Å². The first kappa shape index (κ1) is 8.94. The molecule has 0 bridgehead atoms. The van der Waals surface area contributed by atoms with E-state index in [4.69, 9.17) is 11.6 Å². The predicted molar refractivity (Wildman–Crippen MR) is 56.2 cm³/mol. The Kier molecular flexibility index (Phi) is 2.49. The summed E-state index contributed by atoms with van der Waals surface area (Å²) in [5.41, 5.74) is 4.87. The molecular weight excluding hydrogens is 204 g/mol. The molecule has 0 unspecified atom stereocenters. The number of nitrogens with one attached hydrogen (secondary N) is 1. The van der Waals surface area contributed by atoms with Gasteiger partial charge in [-0.3, -0.25) is 0 Å². The fourth-order valence-electron chi connectivity index (χ4n) is 1.24. The summed E-state index contributed by atoms with van der Waals surface area (Å²) in [6.45, 7) is 0.827. The Morgan fingerprint density at radius 1 is 1.62 bits per heavy atom. The van der Waals surface area contributed by atoms with Gasteiger partial charge in [-0.25, -0.2) is 4.98 Å². The van der Waals surface area contributed by atoms with E-state index in [0.29, 0.717) is 5.02 Å². The van der Waals surface area contributed by atoms with Crippen LogP contribution in [0.25, 0.3) is 10.2 Å². The number of nitrogens with zero attached hydrogens (tertiary/aromatic N) is 1. The minimum absolute atomic E-state index is 0.709. The van der Waals surface area contributed by atoms with Crippen molar-refractivity contribution >= 4 is 33.2 Å². The van der Waals surface area contributed by atoms with Crippen molar-refractivity contribution < 1.29 is 0 Å². The third-order valence-corrected chi connectivity index (χ3v) is 2.78. The zero-order valence-electron chi connectivity index (χ0n) is 7.10. The molecule has 0 saturated heterocycles. The van der Waals surface area contributed by atoms with Crippen LogP contribution in [-0.4, -0.2) is 12.0 Å². The molecule has 0 saturated carbocycles. The van der Waals surface area contributed by atoms with Gasteiger partial charge < -0.3 is 5.32 Å². The zero-order valence-corrected chi connectivity index (χ0v) is 8.67. The van der Waals surface area contributed by atoms with E-state index >= 15 is 0 Å². The van der Waals surface area contributed by atoms with Crippen LogP contribution >= 0.6 is 22.9 Å². The zero-order chi connectivity index (χ0) is 9.26. The lowest BCUT2D eigenvalue weighted by molar-refractivity contribution is 0.819. The van der Waals surface area contributed by atoms with Crippen LogP contribution in [0.2, 0.25) is 5.02 Å². The largest absolute Gasteiger partial charge is 0.316 e. The Labute approximate surface area is 85.6 Å². The standard InChI is InChI=1S/C9H8ClN2S/c1-11-4-6-2-7(10)9-8(3-6)13-5-12-9/h2-3,11H,4H2,1H3. The highest BCUT2D eigenvalue weighted by Gasteiger charge is 2.04. The van der Waals surface area contributed by atoms with Crippen LogP contribution in [0, 0.1) is 5.51 Å². The highest BCUT2D eigenvalue weighted by atomic mass is 35.5. The van der Waals surface area contributed by atoms with E-state index in [-0.39, 0.29) is 0 Å². The molecule has 1 heterocycles. The molecule has 0 atom stereocenters. The van der Waals surface area contributed by atoms with E-state index in [1.807, 2.05) is 13.1 Å². The SMILES string of the molecule is CNCc1cc(Cl)c2n[c]sc2c1. The van der Waals surface area contributed by atoms with Gasteiger partial charge in [0.2, 0.25) is 0 Å². The first-order valence-electron chi connectivity index (χ1n) is 3.91. The summed E-state index contributed by atoms with van der Waals surface area (Å²) in [4.78, 5) is 4.06. The van der Waals surface area contributed by atoms with E-state index in [1.54, 1.807) is 0 Å². The lowest BCUT2D eigenvalue weighted by Crippen LogP contribution is -2.04. The molecular formula is C9H8ClN2S. The summed E-state index contributed by atoms with van der Waals surface area (Å²) in [7, 11) is 1.91. The van der Waals surface area contributed by atoms with Crippen LogP contribution < -0.4 is 5.32 Å². The van der Waals surface area contributed by atoms with Gasteiger partial charge in [0.1, 0.15) is 5.52 Å². The summed E-state index contributed by atoms with van der Waals surface area (Å²) in [5, 5.41) is 3.79. The quantitative estimate of drug-likeness (QED) is 0.826. The van der Waals surface area contributed by atoms with E-state index in [9.17, 15) is 0 Å². The monoisotopic (exact) mass is 211 g/mol. The van der Waals surface area contributed by atoms with E-state index in [2.05, 4.69) is 21.9 Å². The van der Waals surface area contributed by atoms with Crippen molar-refractivity contribution in [2.24, 2.45) is 0 Å². The molecule has 0 aliphatic heterocycles. The lowest BCUT2D eigenvalue weighted by atomic mass is 10.2. The molecule has 0 aliphatic carbocycles. The Morgan fingerprint density at radius 2 is 2.46 bits per heavy atom. The molecule has 2 nitrogen and oxygen atoms in total. The molecule has 0 fully saturated rings. The average molecular weight is 212 g/mol. The molecule has 1 radical (unpaired) electrons. The maximum Gasteiger partial charge on any atom is 0.153 e. The van der Waals surface area contributed by atoms with Gasteiger partial charge in [-0.15, -0.1) is 11.3 Å². The summed E-state index contributed by atoms with van der Waals surface area (Å²) in [6.07, 6.45) is 0. The predicted octanol–water partition coefficient (Wildman–Crippen LogP) is 2.47. The van der Waals surface area contributed by atoms with E-state index in [0.717, 1.165) is 16.8 Å². The molecule has 67 valence electrons. The minimum atomic E-state index is 0.709. The molecule has 1 aromatic heterocycles. The summed E-state index contributed by atoms with van der Waals surface area (Å²) >= 11 is 7.53. The Morgan fingerprint density at radius 3 is 3.23 bits per heavy atom. The Hall–Kier alpha value is -0.640. The van der Waals surface area contributed by atoms with Crippen molar-refractivity contribution in [1.82, 2.24) is 10.3 Å². The molecule has 1 N–H and O–H groups in total. The van der Waals surface area contributed by atoms with Crippen LogP contribution in [0.5, 0.6) is 0 Å². The van der Waals surface area contributed by atoms with Gasteiger partial charge in [0.05, 0.1) is 9.72 Å². The van der Waals surface area contributed by atoms with Gasteiger partial charge in [-0.2, -0.15) is 0 Å². The Bertz CT molecular complexity index is 424. The first-order chi connectivity index (χ1) is 6.31. The number of halogens is 1. The third-order valence-electron chi connectivity index (χ3n) is 1.78. The van der Waals surface area contributed by atoms with E-state index in [1.165, 1.54) is 16.9 Å². The number of hydrogen-bond acceptors (Lipinski definition) is 3. The fourth-order valence-corrected chi connectivity index (χ4v) is 2.28. The fraction of sp³-hybridized carbons (Fsp3) is 0.222. The Balaban J connectivity index is 2.56. The highest BCUT2D eigenvalue weighted by Crippen LogP contribution is 2.26. The van der Waals surface area contributed by atoms with Crippen LogP contribution in [0.1, 0.15) is 5.56 Å². The van der Waals surface area contributed by atoms with Crippen molar-refractivity contribution in [3.05, 3.63) is 28.2 Å². The second-order valence-electron chi connectivity index (χ2n) is 2.76. The number of thiazole rings is 1. The number of hydrogen-bond donors (Lipinski definition) is 1. The van der Waals surface area contributed by atoms with Crippen molar-refractivity contribution in [3.8, 4) is 0 Å². The number of fused-ring (bicyclic) bond motifs is 1. The van der Waals surface area contributed by atoms with Gasteiger partial charge in [-0.1, -0.05) is 11.6 Å². The van der Waals surface area contributed by atoms with Crippen molar-refractivity contribution in [1.29, 1.82) is 0 Å². The van der Waals surface area contributed by atoms with E-state index < -0.39 is 0 Å². The van der Waals surface area contributed by atoms with Gasteiger partial charge in [-0.05, 0) is 24.7 Å². The van der Waals surface area contributed by atoms with Crippen molar-refractivity contribution in [2.75, 3.05) is 7.05 Å². The topological polar surface area (TPSA) is 24.9 Å². The maximum atomic E-state index is 6.04. The molecule has 2 aromatic rings. The highest BCUT2D eigenvalue weighted by molar-refractivity contribution is 7.16. The van der Waals surface area contributed by atoms with Gasteiger partial charge >= 0.3 is 0 Å². The van der Waals surface area contributed by atoms with Crippen LogP contribution in [-0.2, 0) is 6.54 Å². The van der Waals surface area contributed by atoms with Gasteiger partial charge in [0.15, 0.2) is 5.51 Å². The van der Waals surface area contributed by atoms with Crippen LogP contribution in [0.15, 0.2) is 12.1 Å². The smallest absolute Gasteiger partial charge is 0.153 e. The van der Waals surface area contributed by atoms with Gasteiger partial charge in [0.25, 0.3) is 0 Å². The summed E-state index contributed by atoms with van der Waals surface area (Å²) in [6, 6.07) is 4.03. The molecule has 13 heavy (non-hydrogen) atoms. The lowest BCUT2D eigenvalue weighted by Gasteiger charge is -2.00. The number of benzene rings is 1. The molecule has 0 amide bonds. The number of rotatable bonds is 2. The summed E-state index contributed by atoms with van der Waals surface area (Å²) < 4.78 is 1.10. The van der Waals surface area contributed by atoms with Gasteiger partial charge in [0, 0.05) is 6.54 Å². The number of aromatic nitrogens is 1. The minimum Gasteiger partial charge on any atom is -0.316 e. The average Bonchev–Trinajstić information content (AvgIpc) is 2.53. The van der Waals surface area contributed by atoms with Crippen molar-refractivity contribution in [2.45, 2.75) is 6.54 Å². The molecule has 2 rings (SSSR count). The molecule has 1 aromatic carbocycles. The third kappa shape index (κ3) is 1.68. The molecule has 0 spiro atoms. The van der Waals surface area contributed by atoms with Crippen LogP contribution in [0.3, 0.4) is 0 Å².